The molecule has 2 N–H and O–H groups in total. The number of nitrogens with zero attached hydrogens (tertiary/aromatic N) is 2. The van der Waals surface area contributed by atoms with E-state index in [9.17, 15) is 19.2 Å². The van der Waals surface area contributed by atoms with Gasteiger partial charge in [0.1, 0.15) is 35.2 Å². The molecule has 0 spiro atoms. The highest BCUT2D eigenvalue weighted by Crippen LogP contribution is 2.17. The number of carbonyl (C=O) groups excluding carboxylic acids is 4. The molecule has 4 aromatic rings. The van der Waals surface area contributed by atoms with Crippen molar-refractivity contribution in [1.29, 1.82) is 0 Å². The zero-order chi connectivity index (χ0) is 32.1. The first kappa shape index (κ1) is 32.0. The number of carbonyl (C=O) groups is 4. The van der Waals surface area contributed by atoms with E-state index in [1.807, 2.05) is 78.9 Å². The SMILES string of the molecule is O=C[C@H](Cc1ccccc1)NC(=O)[C@H]1Cc2ccc(cc2)OCCCCOc2ccc(cc2)CCC(=O)c2cncc(n2)C(=O)N1. The van der Waals surface area contributed by atoms with Gasteiger partial charge in [-0.05, 0) is 66.6 Å². The van der Waals surface area contributed by atoms with Gasteiger partial charge in [0.05, 0.1) is 31.6 Å². The zero-order valence-electron chi connectivity index (χ0n) is 25.4. The van der Waals surface area contributed by atoms with Crippen LogP contribution in [0.4, 0.5) is 0 Å². The van der Waals surface area contributed by atoms with E-state index in [0.717, 1.165) is 35.3 Å². The van der Waals surface area contributed by atoms with Crippen molar-refractivity contribution in [2.45, 2.75) is 50.6 Å². The number of benzene rings is 3. The second kappa shape index (κ2) is 16.1. The number of aryl methyl sites for hydroxylation is 1. The number of ketones is 1. The van der Waals surface area contributed by atoms with Gasteiger partial charge in [0, 0.05) is 12.8 Å². The molecule has 3 aromatic carbocycles. The van der Waals surface area contributed by atoms with Crippen molar-refractivity contribution in [1.82, 2.24) is 20.6 Å². The van der Waals surface area contributed by atoms with Crippen LogP contribution in [0.25, 0.3) is 0 Å². The van der Waals surface area contributed by atoms with E-state index < -0.39 is 23.9 Å². The minimum Gasteiger partial charge on any atom is -0.494 e. The van der Waals surface area contributed by atoms with Crippen LogP contribution in [0.1, 0.15) is 56.9 Å². The summed E-state index contributed by atoms with van der Waals surface area (Å²) in [5, 5.41) is 5.51. The van der Waals surface area contributed by atoms with Crippen LogP contribution in [-0.4, -0.2) is 59.1 Å². The average Bonchev–Trinajstić information content (AvgIpc) is 3.09. The van der Waals surface area contributed by atoms with E-state index in [-0.39, 0.29) is 30.0 Å². The van der Waals surface area contributed by atoms with Gasteiger partial charge in [-0.25, -0.2) is 4.98 Å². The van der Waals surface area contributed by atoms with Crippen molar-refractivity contribution < 1.29 is 28.7 Å². The van der Waals surface area contributed by atoms with Gasteiger partial charge in [0.2, 0.25) is 5.91 Å². The van der Waals surface area contributed by atoms with E-state index >= 15 is 0 Å². The van der Waals surface area contributed by atoms with E-state index in [2.05, 4.69) is 20.6 Å². The molecule has 4 aliphatic rings. The topological polar surface area (TPSA) is 137 Å². The first-order valence-electron chi connectivity index (χ1n) is 15.4. The number of amides is 2. The summed E-state index contributed by atoms with van der Waals surface area (Å²) in [5.41, 5.74) is 2.57. The zero-order valence-corrected chi connectivity index (χ0v) is 25.4. The standard InChI is InChI=1S/C36H36N4O6/c41-24-28(20-26-6-2-1-3-7-26)38-35(43)31-21-27-10-15-30(16-11-27)46-19-5-4-18-45-29-13-8-25(9-14-29)12-17-34(42)32-22-37-23-33(39-32)36(44)40-31/h1-3,6-11,13-16,22-24,28,31H,4-5,12,17-21H2,(H,38,43)(H,40,44)/t28-,31+/m0/s1. The highest BCUT2D eigenvalue weighted by atomic mass is 16.5. The lowest BCUT2D eigenvalue weighted by atomic mass is 10.0. The molecule has 0 aliphatic carbocycles. The molecule has 10 heteroatoms. The van der Waals surface area contributed by atoms with Crippen molar-refractivity contribution in [3.63, 3.8) is 0 Å². The normalized spacial score (nSPS) is 16.7. The highest BCUT2D eigenvalue weighted by Gasteiger charge is 2.25. The van der Waals surface area contributed by atoms with Crippen LogP contribution in [0, 0.1) is 0 Å². The third kappa shape index (κ3) is 9.31. The van der Waals surface area contributed by atoms with Crippen molar-refractivity contribution >= 4 is 23.9 Å². The Morgan fingerprint density at radius 2 is 1.48 bits per heavy atom. The van der Waals surface area contributed by atoms with E-state index in [0.29, 0.717) is 38.1 Å². The summed E-state index contributed by atoms with van der Waals surface area (Å²) in [6.45, 7) is 1.08. The van der Waals surface area contributed by atoms with Gasteiger partial charge in [0.15, 0.2) is 5.78 Å². The smallest absolute Gasteiger partial charge is 0.272 e. The molecule has 8 rings (SSSR count). The average molecular weight is 621 g/mol. The van der Waals surface area contributed by atoms with Crippen molar-refractivity contribution in [2.24, 2.45) is 0 Å². The van der Waals surface area contributed by atoms with Crippen LogP contribution < -0.4 is 20.1 Å². The molecule has 0 unspecified atom stereocenters. The Morgan fingerprint density at radius 1 is 0.848 bits per heavy atom. The number of ether oxygens (including phenoxy) is 2. The Labute approximate surface area is 267 Å². The molecule has 0 radical (unpaired) electrons. The fourth-order valence-electron chi connectivity index (χ4n) is 5.02. The Bertz CT molecular complexity index is 1630. The summed E-state index contributed by atoms with van der Waals surface area (Å²) in [5.74, 6) is -0.0197. The molecule has 0 saturated heterocycles. The summed E-state index contributed by atoms with van der Waals surface area (Å²) in [6, 6.07) is 22.4. The molecule has 6 bridgehead atoms. The summed E-state index contributed by atoms with van der Waals surface area (Å²) in [7, 11) is 0. The maximum absolute atomic E-state index is 13.5. The predicted octanol–water partition coefficient (Wildman–Crippen LogP) is 4.11. The van der Waals surface area contributed by atoms with Gasteiger partial charge < -0.3 is 24.9 Å². The lowest BCUT2D eigenvalue weighted by Gasteiger charge is -2.21. The quantitative estimate of drug-likeness (QED) is 0.318. The van der Waals surface area contributed by atoms with Crippen molar-refractivity contribution in [3.8, 4) is 11.5 Å². The third-order valence-electron chi connectivity index (χ3n) is 7.57. The second-order valence-corrected chi connectivity index (χ2v) is 11.1. The minimum atomic E-state index is -1.05. The molecule has 2 amide bonds. The summed E-state index contributed by atoms with van der Waals surface area (Å²) in [6.07, 6.45) is 5.97. The number of nitrogens with one attached hydrogen (secondary N) is 2. The van der Waals surface area contributed by atoms with Gasteiger partial charge in [-0.1, -0.05) is 54.6 Å². The van der Waals surface area contributed by atoms with Gasteiger partial charge in [0.25, 0.3) is 5.91 Å². The van der Waals surface area contributed by atoms with Gasteiger partial charge in [-0.3, -0.25) is 19.4 Å². The first-order chi connectivity index (χ1) is 22.5. The van der Waals surface area contributed by atoms with Crippen molar-refractivity contribution in [3.05, 3.63) is 119 Å². The van der Waals surface area contributed by atoms with Crippen LogP contribution in [0.2, 0.25) is 0 Å². The minimum absolute atomic E-state index is 0.0579. The molecular formula is C36H36N4O6. The molecule has 10 nitrogen and oxygen atoms in total. The Kier molecular flexibility index (Phi) is 11.2. The molecule has 0 saturated carbocycles. The monoisotopic (exact) mass is 620 g/mol. The number of aldehydes is 1. The maximum Gasteiger partial charge on any atom is 0.272 e. The molecule has 236 valence electrons. The first-order valence-corrected chi connectivity index (χ1v) is 15.4. The van der Waals surface area contributed by atoms with Crippen LogP contribution in [0.3, 0.4) is 0 Å². The molecular weight excluding hydrogens is 584 g/mol. The molecule has 4 aliphatic heterocycles. The fourth-order valence-corrected chi connectivity index (χ4v) is 5.02. The maximum atomic E-state index is 13.5. The van der Waals surface area contributed by atoms with Crippen LogP contribution >= 0.6 is 0 Å². The molecule has 5 heterocycles. The molecule has 0 fully saturated rings. The Hall–Kier alpha value is -5.38. The summed E-state index contributed by atoms with van der Waals surface area (Å²) in [4.78, 5) is 60.1. The predicted molar refractivity (Wildman–Crippen MR) is 171 cm³/mol. The molecule has 1 aromatic heterocycles. The van der Waals surface area contributed by atoms with Gasteiger partial charge in [-0.15, -0.1) is 0 Å². The van der Waals surface area contributed by atoms with Crippen LogP contribution in [0.5, 0.6) is 11.5 Å². The largest absolute Gasteiger partial charge is 0.494 e. The number of rotatable bonds is 5. The Morgan fingerprint density at radius 3 is 2.13 bits per heavy atom. The van der Waals surface area contributed by atoms with Crippen LogP contribution in [0.15, 0.2) is 91.3 Å². The van der Waals surface area contributed by atoms with Gasteiger partial charge in [-0.2, -0.15) is 0 Å². The summed E-state index contributed by atoms with van der Waals surface area (Å²) >= 11 is 0. The Balaban J connectivity index is 1.36. The number of hydrogen-bond acceptors (Lipinski definition) is 8. The number of aromatic nitrogens is 2. The highest BCUT2D eigenvalue weighted by molar-refractivity contribution is 5.98. The molecule has 46 heavy (non-hydrogen) atoms. The molecule has 2 atom stereocenters. The number of hydrogen-bond donors (Lipinski definition) is 2. The lowest BCUT2D eigenvalue weighted by Crippen LogP contribution is -2.51. The second-order valence-electron chi connectivity index (χ2n) is 11.1. The van der Waals surface area contributed by atoms with Gasteiger partial charge >= 0.3 is 0 Å². The van der Waals surface area contributed by atoms with Crippen LogP contribution in [-0.2, 0) is 28.9 Å². The van der Waals surface area contributed by atoms with E-state index in [1.165, 1.54) is 12.4 Å². The summed E-state index contributed by atoms with van der Waals surface area (Å²) < 4.78 is 11.7. The number of Topliss-reactive ketones (excluding diaryl/α,β-unsaturated/α-hetero) is 1. The third-order valence-corrected chi connectivity index (χ3v) is 7.57. The van der Waals surface area contributed by atoms with E-state index in [4.69, 9.17) is 9.47 Å². The van der Waals surface area contributed by atoms with Crippen molar-refractivity contribution in [2.75, 3.05) is 13.2 Å². The lowest BCUT2D eigenvalue weighted by molar-refractivity contribution is -0.125. The fraction of sp³-hybridized carbons (Fsp3) is 0.278. The van der Waals surface area contributed by atoms with E-state index in [1.54, 1.807) is 0 Å².